The van der Waals surface area contributed by atoms with Crippen molar-refractivity contribution in [3.8, 4) is 0 Å². The van der Waals surface area contributed by atoms with E-state index >= 15 is 0 Å². The summed E-state index contributed by atoms with van der Waals surface area (Å²) in [6.45, 7) is 10.5. The van der Waals surface area contributed by atoms with Crippen LogP contribution in [0.5, 0.6) is 0 Å². The number of amides is 2. The van der Waals surface area contributed by atoms with Gasteiger partial charge in [-0.2, -0.15) is 0 Å². The van der Waals surface area contributed by atoms with Crippen LogP contribution in [-0.4, -0.2) is 55.4 Å². The minimum absolute atomic E-state index is 0.308. The Kier molecular flexibility index (Phi) is 10.5. The molecule has 0 heterocycles. The van der Waals surface area contributed by atoms with E-state index in [0.717, 1.165) is 11.1 Å². The summed E-state index contributed by atoms with van der Waals surface area (Å²) in [7, 11) is -3.74. The van der Waals surface area contributed by atoms with E-state index in [9.17, 15) is 18.0 Å². The summed E-state index contributed by atoms with van der Waals surface area (Å²) in [5, 5.41) is 5.44. The molecule has 2 aromatic rings. The Balaban J connectivity index is 2.21. The van der Waals surface area contributed by atoms with E-state index in [1.807, 2.05) is 60.7 Å². The highest BCUT2D eigenvalue weighted by Gasteiger charge is 2.28. The molecule has 0 aliphatic carbocycles. The van der Waals surface area contributed by atoms with Gasteiger partial charge < -0.3 is 20.1 Å². The maximum Gasteiger partial charge on any atom is 0.407 e. The molecule has 2 amide bonds. The molecule has 2 aromatic carbocycles. The first-order chi connectivity index (χ1) is 17.1. The van der Waals surface area contributed by atoms with Crippen LogP contribution in [0.25, 0.3) is 0 Å². The van der Waals surface area contributed by atoms with Crippen LogP contribution in [0, 0.1) is 0 Å². The number of carbonyl (C=O) groups excluding carboxylic acids is 2. The molecule has 0 saturated heterocycles. The van der Waals surface area contributed by atoms with Crippen molar-refractivity contribution < 1.29 is 27.5 Å². The zero-order valence-corrected chi connectivity index (χ0v) is 23.4. The van der Waals surface area contributed by atoms with Gasteiger partial charge in [-0.25, -0.2) is 18.0 Å². The molecule has 9 heteroatoms. The first-order valence-electron chi connectivity index (χ1n) is 12.4. The number of carbonyl (C=O) groups is 2. The van der Waals surface area contributed by atoms with Gasteiger partial charge in [0.1, 0.15) is 11.2 Å². The second kappa shape index (κ2) is 12.9. The van der Waals surface area contributed by atoms with Crippen molar-refractivity contribution >= 4 is 22.0 Å². The first-order valence-corrected chi connectivity index (χ1v) is 14.2. The van der Waals surface area contributed by atoms with Crippen molar-refractivity contribution in [2.24, 2.45) is 0 Å². The minimum Gasteiger partial charge on any atom is -0.444 e. The van der Waals surface area contributed by atoms with Crippen LogP contribution < -0.4 is 10.6 Å². The summed E-state index contributed by atoms with van der Waals surface area (Å²) in [4.78, 5) is 25.0. The Morgan fingerprint density at radius 2 is 1.00 bits per heavy atom. The number of alkyl carbamates (subject to hydrolysis) is 2. The molecule has 0 aromatic heterocycles. The third-order valence-electron chi connectivity index (χ3n) is 5.00. The van der Waals surface area contributed by atoms with Gasteiger partial charge in [0, 0.05) is 0 Å². The fraction of sp³-hybridized carbons (Fsp3) is 0.500. The van der Waals surface area contributed by atoms with Crippen molar-refractivity contribution in [1.29, 1.82) is 0 Å². The van der Waals surface area contributed by atoms with E-state index in [4.69, 9.17) is 9.47 Å². The van der Waals surface area contributed by atoms with E-state index < -0.39 is 45.3 Å². The Morgan fingerprint density at radius 3 is 1.30 bits per heavy atom. The molecule has 0 spiro atoms. The minimum atomic E-state index is -3.74. The molecule has 0 bridgehead atoms. The van der Waals surface area contributed by atoms with E-state index in [1.54, 1.807) is 41.5 Å². The van der Waals surface area contributed by atoms with Crippen molar-refractivity contribution in [1.82, 2.24) is 10.6 Å². The van der Waals surface area contributed by atoms with Gasteiger partial charge in [-0.3, -0.25) is 0 Å². The predicted molar refractivity (Wildman–Crippen MR) is 145 cm³/mol. The second-order valence-corrected chi connectivity index (χ2v) is 13.3. The van der Waals surface area contributed by atoms with Gasteiger partial charge in [0.15, 0.2) is 9.84 Å². The molecule has 0 aliphatic rings. The number of hydrogen-bond donors (Lipinski definition) is 2. The lowest BCUT2D eigenvalue weighted by atomic mass is 10.1. The predicted octanol–water partition coefficient (Wildman–Crippen LogP) is 4.67. The lowest BCUT2D eigenvalue weighted by molar-refractivity contribution is 0.0498. The van der Waals surface area contributed by atoms with E-state index in [2.05, 4.69) is 10.6 Å². The Labute approximate surface area is 221 Å². The molecule has 0 radical (unpaired) electrons. The zero-order valence-electron chi connectivity index (χ0n) is 22.6. The molecular weight excluding hydrogens is 492 g/mol. The highest BCUT2D eigenvalue weighted by molar-refractivity contribution is 7.91. The summed E-state index contributed by atoms with van der Waals surface area (Å²) in [6.07, 6.45) is -0.752. The van der Waals surface area contributed by atoms with Gasteiger partial charge in [0.05, 0.1) is 23.6 Å². The number of hydrogen-bond acceptors (Lipinski definition) is 6. The van der Waals surface area contributed by atoms with E-state index in [-0.39, 0.29) is 11.5 Å². The van der Waals surface area contributed by atoms with Crippen LogP contribution in [0.4, 0.5) is 9.59 Å². The van der Waals surface area contributed by atoms with Crippen LogP contribution in [0.15, 0.2) is 60.7 Å². The SMILES string of the molecule is CC(C)(C)OC(=O)NC(Cc1ccccc1)CS(=O)(=O)CC(Cc1ccccc1)NC(=O)OC(C)(C)C. The Hall–Kier alpha value is -3.07. The lowest BCUT2D eigenvalue weighted by Crippen LogP contribution is -2.47. The quantitative estimate of drug-likeness (QED) is 0.460. The monoisotopic (exact) mass is 532 g/mol. The highest BCUT2D eigenvalue weighted by Crippen LogP contribution is 2.13. The molecule has 2 atom stereocenters. The fourth-order valence-electron chi connectivity index (χ4n) is 3.73. The molecule has 0 aliphatic heterocycles. The number of ether oxygens (including phenoxy) is 2. The van der Waals surface area contributed by atoms with Crippen LogP contribution in [0.2, 0.25) is 0 Å². The average molecular weight is 533 g/mol. The van der Waals surface area contributed by atoms with Gasteiger partial charge in [-0.1, -0.05) is 60.7 Å². The van der Waals surface area contributed by atoms with Gasteiger partial charge in [-0.15, -0.1) is 0 Å². The van der Waals surface area contributed by atoms with E-state index in [0.29, 0.717) is 12.8 Å². The number of benzene rings is 2. The zero-order chi connectivity index (χ0) is 27.7. The molecule has 8 nitrogen and oxygen atoms in total. The normalized spacial score (nSPS) is 13.8. The molecule has 37 heavy (non-hydrogen) atoms. The molecule has 0 saturated carbocycles. The molecule has 2 N–H and O–H groups in total. The summed E-state index contributed by atoms with van der Waals surface area (Å²) in [5.74, 6) is -0.634. The number of sulfone groups is 1. The van der Waals surface area contributed by atoms with Gasteiger partial charge in [0.25, 0.3) is 0 Å². The van der Waals surface area contributed by atoms with E-state index in [1.165, 1.54) is 0 Å². The van der Waals surface area contributed by atoms with Crippen LogP contribution in [0.3, 0.4) is 0 Å². The average Bonchev–Trinajstić information content (AvgIpc) is 2.71. The standard InChI is InChI=1S/C28H40N2O6S/c1-27(2,3)35-25(31)29-23(17-21-13-9-7-10-14-21)19-37(33,34)20-24(18-22-15-11-8-12-16-22)30-26(32)36-28(4,5)6/h7-16,23-24H,17-20H2,1-6H3,(H,29,31)(H,30,32). The summed E-state index contributed by atoms with van der Waals surface area (Å²) in [6, 6.07) is 17.2. The molecular formula is C28H40N2O6S. The molecule has 2 rings (SSSR count). The third kappa shape index (κ3) is 13.2. The van der Waals surface area contributed by atoms with Crippen LogP contribution in [-0.2, 0) is 32.2 Å². The van der Waals surface area contributed by atoms with Gasteiger partial charge in [0.2, 0.25) is 0 Å². The molecule has 0 fully saturated rings. The second-order valence-electron chi connectivity index (χ2n) is 11.1. The summed E-state index contributed by atoms with van der Waals surface area (Å²) < 4.78 is 37.5. The Bertz CT molecular complexity index is 1020. The van der Waals surface area contributed by atoms with Crippen molar-refractivity contribution in [2.45, 2.75) is 77.7 Å². The topological polar surface area (TPSA) is 111 Å². The number of rotatable bonds is 10. The summed E-state index contributed by atoms with van der Waals surface area (Å²) in [5.41, 5.74) is 0.314. The fourth-order valence-corrected chi connectivity index (χ4v) is 5.49. The highest BCUT2D eigenvalue weighted by atomic mass is 32.2. The third-order valence-corrected chi connectivity index (χ3v) is 6.82. The molecule has 2 unspecified atom stereocenters. The van der Waals surface area contributed by atoms with Crippen LogP contribution >= 0.6 is 0 Å². The maximum atomic E-state index is 13.4. The molecule has 204 valence electrons. The van der Waals surface area contributed by atoms with Crippen LogP contribution in [0.1, 0.15) is 52.7 Å². The smallest absolute Gasteiger partial charge is 0.407 e. The Morgan fingerprint density at radius 1 is 0.676 bits per heavy atom. The van der Waals surface area contributed by atoms with Crippen molar-refractivity contribution in [3.63, 3.8) is 0 Å². The maximum absolute atomic E-state index is 13.4. The van der Waals surface area contributed by atoms with Crippen molar-refractivity contribution in [2.75, 3.05) is 11.5 Å². The largest absolute Gasteiger partial charge is 0.444 e. The number of nitrogens with one attached hydrogen (secondary N) is 2. The lowest BCUT2D eigenvalue weighted by Gasteiger charge is -2.26. The van der Waals surface area contributed by atoms with Gasteiger partial charge >= 0.3 is 12.2 Å². The summed E-state index contributed by atoms with van der Waals surface area (Å²) >= 11 is 0. The van der Waals surface area contributed by atoms with Crippen molar-refractivity contribution in [3.05, 3.63) is 71.8 Å². The first kappa shape index (κ1) is 30.2. The van der Waals surface area contributed by atoms with Gasteiger partial charge in [-0.05, 0) is 65.5 Å².